The zero-order valence-corrected chi connectivity index (χ0v) is 8.01. The van der Waals surface area contributed by atoms with E-state index >= 15 is 0 Å². The average molecular weight is 192 g/mol. The molecule has 1 aromatic heterocycles. The monoisotopic (exact) mass is 192 g/mol. The Kier molecular flexibility index (Phi) is 2.43. The van der Waals surface area contributed by atoms with Gasteiger partial charge in [-0.05, 0) is 18.9 Å². The largest absolute Gasteiger partial charge is 0.469 e. The van der Waals surface area contributed by atoms with Gasteiger partial charge < -0.3 is 4.74 Å². The van der Waals surface area contributed by atoms with Crippen molar-refractivity contribution in [3.8, 4) is 0 Å². The lowest BCUT2D eigenvalue weighted by atomic mass is 9.73. The lowest BCUT2D eigenvalue weighted by molar-refractivity contribution is -0.149. The highest BCUT2D eigenvalue weighted by Gasteiger charge is 2.39. The minimum atomic E-state index is -0.145. The zero-order valence-electron chi connectivity index (χ0n) is 8.01. The molecule has 1 heterocycles. The number of carbonyl (C=O) groups is 1. The van der Waals surface area contributed by atoms with Gasteiger partial charge in [-0.2, -0.15) is 0 Å². The van der Waals surface area contributed by atoms with Crippen LogP contribution in [0.25, 0.3) is 0 Å². The summed E-state index contributed by atoms with van der Waals surface area (Å²) >= 11 is 0. The number of hydrogen-bond acceptors (Lipinski definition) is 4. The molecular weight excluding hydrogens is 180 g/mol. The third-order valence-corrected chi connectivity index (χ3v) is 2.70. The fourth-order valence-electron chi connectivity index (χ4n) is 1.74. The van der Waals surface area contributed by atoms with E-state index in [4.69, 9.17) is 4.74 Å². The molecule has 14 heavy (non-hydrogen) atoms. The highest BCUT2D eigenvalue weighted by atomic mass is 16.5. The Hall–Kier alpha value is -1.45. The van der Waals surface area contributed by atoms with E-state index in [-0.39, 0.29) is 17.8 Å². The summed E-state index contributed by atoms with van der Waals surface area (Å²) in [5, 5.41) is 0. The summed E-state index contributed by atoms with van der Waals surface area (Å²) in [7, 11) is 1.42. The van der Waals surface area contributed by atoms with Crippen molar-refractivity contribution in [2.75, 3.05) is 7.11 Å². The van der Waals surface area contributed by atoms with Crippen LogP contribution in [0.4, 0.5) is 0 Å². The molecule has 0 amide bonds. The van der Waals surface area contributed by atoms with Gasteiger partial charge in [-0.25, -0.2) is 9.97 Å². The number of carbonyl (C=O) groups excluding carboxylic acids is 1. The normalized spacial score (nSPS) is 25.2. The van der Waals surface area contributed by atoms with E-state index in [1.807, 2.05) is 0 Å². The van der Waals surface area contributed by atoms with Gasteiger partial charge in [0.2, 0.25) is 0 Å². The Morgan fingerprint density at radius 2 is 2.14 bits per heavy atom. The van der Waals surface area contributed by atoms with Crippen LogP contribution in [-0.2, 0) is 9.53 Å². The number of methoxy groups -OCH3 is 1. The summed E-state index contributed by atoms with van der Waals surface area (Å²) in [4.78, 5) is 19.6. The van der Waals surface area contributed by atoms with Crippen LogP contribution in [0.2, 0.25) is 0 Å². The minimum absolute atomic E-state index is 0.0394. The van der Waals surface area contributed by atoms with Crippen LogP contribution in [0.3, 0.4) is 0 Å². The third-order valence-electron chi connectivity index (χ3n) is 2.70. The van der Waals surface area contributed by atoms with Crippen molar-refractivity contribution in [1.29, 1.82) is 0 Å². The molecule has 1 aliphatic carbocycles. The van der Waals surface area contributed by atoms with E-state index in [0.717, 1.165) is 18.7 Å². The molecule has 0 aliphatic heterocycles. The summed E-state index contributed by atoms with van der Waals surface area (Å²) in [6.07, 6.45) is 5.27. The Morgan fingerprint density at radius 1 is 1.43 bits per heavy atom. The van der Waals surface area contributed by atoms with E-state index < -0.39 is 0 Å². The second-order valence-corrected chi connectivity index (χ2v) is 3.42. The van der Waals surface area contributed by atoms with Gasteiger partial charge in [0.25, 0.3) is 0 Å². The van der Waals surface area contributed by atoms with E-state index in [0.29, 0.717) is 0 Å². The summed E-state index contributed by atoms with van der Waals surface area (Å²) in [5.41, 5.74) is 0. The lowest BCUT2D eigenvalue weighted by Gasteiger charge is -2.32. The van der Waals surface area contributed by atoms with Crippen molar-refractivity contribution in [2.45, 2.75) is 18.8 Å². The van der Waals surface area contributed by atoms with Crippen molar-refractivity contribution in [3.05, 3.63) is 24.3 Å². The fraction of sp³-hybridized carbons (Fsp3) is 0.500. The van der Waals surface area contributed by atoms with Crippen LogP contribution >= 0.6 is 0 Å². The molecule has 2 unspecified atom stereocenters. The molecule has 0 N–H and O–H groups in total. The molecule has 2 atom stereocenters. The second kappa shape index (κ2) is 3.74. The van der Waals surface area contributed by atoms with Gasteiger partial charge in [-0.3, -0.25) is 4.79 Å². The summed E-state index contributed by atoms with van der Waals surface area (Å²) < 4.78 is 4.71. The first-order valence-corrected chi connectivity index (χ1v) is 4.67. The molecule has 1 fully saturated rings. The van der Waals surface area contributed by atoms with Crippen LogP contribution in [0.5, 0.6) is 0 Å². The maximum Gasteiger partial charge on any atom is 0.309 e. The molecule has 0 saturated heterocycles. The van der Waals surface area contributed by atoms with Gasteiger partial charge in [0.15, 0.2) is 0 Å². The molecule has 0 radical (unpaired) electrons. The standard InChI is InChI=1S/C10H12N2O2/c1-14-10(13)8-4-3-7(8)9-11-5-2-6-12-9/h2,5-8H,3-4H2,1H3. The molecule has 74 valence electrons. The highest BCUT2D eigenvalue weighted by Crippen LogP contribution is 2.41. The first kappa shape index (κ1) is 9.12. The van der Waals surface area contributed by atoms with Crippen LogP contribution in [0.15, 0.2) is 18.5 Å². The molecule has 1 saturated carbocycles. The Balaban J connectivity index is 2.10. The van der Waals surface area contributed by atoms with Gasteiger partial charge in [-0.1, -0.05) is 0 Å². The number of rotatable bonds is 2. The van der Waals surface area contributed by atoms with Gasteiger partial charge in [0, 0.05) is 18.3 Å². The van der Waals surface area contributed by atoms with Gasteiger partial charge in [0.1, 0.15) is 5.82 Å². The maximum absolute atomic E-state index is 11.3. The topological polar surface area (TPSA) is 52.1 Å². The average Bonchev–Trinajstić information content (AvgIpc) is 2.17. The quantitative estimate of drug-likeness (QED) is 0.659. The molecule has 4 nitrogen and oxygen atoms in total. The molecule has 2 rings (SSSR count). The minimum Gasteiger partial charge on any atom is -0.469 e. The Labute approximate surface area is 82.3 Å². The predicted molar refractivity (Wildman–Crippen MR) is 49.5 cm³/mol. The summed E-state index contributed by atoms with van der Waals surface area (Å²) in [6.45, 7) is 0. The van der Waals surface area contributed by atoms with Crippen molar-refractivity contribution in [1.82, 2.24) is 9.97 Å². The number of aromatic nitrogens is 2. The Morgan fingerprint density at radius 3 is 2.64 bits per heavy atom. The second-order valence-electron chi connectivity index (χ2n) is 3.42. The lowest BCUT2D eigenvalue weighted by Crippen LogP contribution is -2.33. The predicted octanol–water partition coefficient (Wildman–Crippen LogP) is 1.14. The third kappa shape index (κ3) is 1.47. The molecular formula is C10H12N2O2. The molecule has 1 aliphatic rings. The van der Waals surface area contributed by atoms with E-state index in [2.05, 4.69) is 9.97 Å². The van der Waals surface area contributed by atoms with Crippen molar-refractivity contribution >= 4 is 5.97 Å². The number of nitrogens with zero attached hydrogens (tertiary/aromatic N) is 2. The Bertz CT molecular complexity index is 326. The van der Waals surface area contributed by atoms with Gasteiger partial charge >= 0.3 is 5.97 Å². The van der Waals surface area contributed by atoms with Crippen LogP contribution in [0.1, 0.15) is 24.6 Å². The summed E-state index contributed by atoms with van der Waals surface area (Å²) in [6, 6.07) is 1.77. The van der Waals surface area contributed by atoms with E-state index in [1.165, 1.54) is 7.11 Å². The molecule has 1 aromatic rings. The number of ether oxygens (including phenoxy) is 1. The first-order chi connectivity index (χ1) is 6.83. The number of hydrogen-bond donors (Lipinski definition) is 0. The first-order valence-electron chi connectivity index (χ1n) is 4.67. The molecule has 0 aromatic carbocycles. The fourth-order valence-corrected chi connectivity index (χ4v) is 1.74. The highest BCUT2D eigenvalue weighted by molar-refractivity contribution is 5.74. The van der Waals surface area contributed by atoms with Crippen molar-refractivity contribution in [2.24, 2.45) is 5.92 Å². The molecule has 0 spiro atoms. The molecule has 0 bridgehead atoms. The smallest absolute Gasteiger partial charge is 0.309 e. The number of esters is 1. The zero-order chi connectivity index (χ0) is 9.97. The summed E-state index contributed by atoms with van der Waals surface area (Å²) in [5.74, 6) is 0.730. The SMILES string of the molecule is COC(=O)C1CCC1c1ncccn1. The van der Waals surface area contributed by atoms with Crippen LogP contribution in [0, 0.1) is 5.92 Å². The van der Waals surface area contributed by atoms with Crippen molar-refractivity contribution in [3.63, 3.8) is 0 Å². The van der Waals surface area contributed by atoms with Crippen LogP contribution < -0.4 is 0 Å². The van der Waals surface area contributed by atoms with Crippen molar-refractivity contribution < 1.29 is 9.53 Å². The maximum atomic E-state index is 11.3. The van der Waals surface area contributed by atoms with E-state index in [1.54, 1.807) is 18.5 Å². The van der Waals surface area contributed by atoms with E-state index in [9.17, 15) is 4.79 Å². The van der Waals surface area contributed by atoms with Crippen LogP contribution in [-0.4, -0.2) is 23.0 Å². The van der Waals surface area contributed by atoms with Gasteiger partial charge in [0.05, 0.1) is 13.0 Å². The molecule has 4 heteroatoms. The van der Waals surface area contributed by atoms with Gasteiger partial charge in [-0.15, -0.1) is 0 Å².